The van der Waals surface area contributed by atoms with Crippen molar-refractivity contribution in [2.45, 2.75) is 77.4 Å². The van der Waals surface area contributed by atoms with Crippen molar-refractivity contribution < 1.29 is 0 Å². The summed E-state index contributed by atoms with van der Waals surface area (Å²) in [6, 6.07) is 0. The zero-order chi connectivity index (χ0) is 20.5. The molecule has 3 aromatic rings. The lowest BCUT2D eigenvalue weighted by Gasteiger charge is -2.18. The zero-order valence-corrected chi connectivity index (χ0v) is 19.1. The molecule has 9 heteroatoms. The van der Waals surface area contributed by atoms with Gasteiger partial charge >= 0.3 is 0 Å². The van der Waals surface area contributed by atoms with E-state index in [2.05, 4.69) is 43.2 Å². The van der Waals surface area contributed by atoms with E-state index in [1.165, 1.54) is 10.4 Å². The molecule has 0 saturated heterocycles. The number of thiophene rings is 1. The fraction of sp³-hybridized carbons (Fsp3) is 0.650. The van der Waals surface area contributed by atoms with Gasteiger partial charge in [0.2, 0.25) is 0 Å². The van der Waals surface area contributed by atoms with E-state index in [0.717, 1.165) is 53.4 Å². The maximum atomic E-state index is 13.5. The Balaban J connectivity index is 1.74. The van der Waals surface area contributed by atoms with E-state index in [0.29, 0.717) is 24.1 Å². The first-order valence-corrected chi connectivity index (χ1v) is 12.2. The topological polar surface area (TPSA) is 78.5 Å². The van der Waals surface area contributed by atoms with E-state index in [9.17, 15) is 4.79 Å². The van der Waals surface area contributed by atoms with Gasteiger partial charge in [0.1, 0.15) is 4.83 Å². The highest BCUT2D eigenvalue weighted by molar-refractivity contribution is 7.98. The highest BCUT2D eigenvalue weighted by Crippen LogP contribution is 2.36. The van der Waals surface area contributed by atoms with Gasteiger partial charge in [0.05, 0.1) is 11.1 Å². The maximum Gasteiger partial charge on any atom is 0.263 e. The van der Waals surface area contributed by atoms with Crippen LogP contribution in [0.25, 0.3) is 10.2 Å². The molecule has 3 heterocycles. The molecule has 3 aromatic heterocycles. The quantitative estimate of drug-likeness (QED) is 0.416. The van der Waals surface area contributed by atoms with Crippen molar-refractivity contribution in [2.24, 2.45) is 11.8 Å². The standard InChI is InChI=1S/C20H28N6OS2/c1-5-8-26-16(22-23-24-26)11-28-20-21-18-17(19(27)25(20)10-12(2)3)14-7-6-13(4)9-15(14)29-18/h12-13H,5-11H2,1-4H3. The third-order valence-corrected chi connectivity index (χ3v) is 7.42. The minimum Gasteiger partial charge on any atom is -0.287 e. The molecule has 0 radical (unpaired) electrons. The van der Waals surface area contributed by atoms with Gasteiger partial charge in [-0.3, -0.25) is 9.36 Å². The van der Waals surface area contributed by atoms with Crippen LogP contribution in [0, 0.1) is 11.8 Å². The van der Waals surface area contributed by atoms with Gasteiger partial charge in [-0.15, -0.1) is 16.4 Å². The van der Waals surface area contributed by atoms with Crippen molar-refractivity contribution in [1.29, 1.82) is 0 Å². The van der Waals surface area contributed by atoms with Gasteiger partial charge in [-0.05, 0) is 53.5 Å². The summed E-state index contributed by atoms with van der Waals surface area (Å²) in [5.74, 6) is 2.47. The van der Waals surface area contributed by atoms with Crippen molar-refractivity contribution >= 4 is 33.3 Å². The summed E-state index contributed by atoms with van der Waals surface area (Å²) in [6.07, 6.45) is 4.19. The first-order valence-electron chi connectivity index (χ1n) is 10.4. The van der Waals surface area contributed by atoms with Gasteiger partial charge in [-0.25, -0.2) is 9.67 Å². The molecule has 0 aliphatic heterocycles. The van der Waals surface area contributed by atoms with E-state index in [-0.39, 0.29) is 5.56 Å². The van der Waals surface area contributed by atoms with Crippen molar-refractivity contribution in [3.63, 3.8) is 0 Å². The molecule has 0 amide bonds. The fourth-order valence-electron chi connectivity index (χ4n) is 3.88. The molecule has 7 nitrogen and oxygen atoms in total. The summed E-state index contributed by atoms with van der Waals surface area (Å²) in [5.41, 5.74) is 1.37. The number of thioether (sulfide) groups is 1. The van der Waals surface area contributed by atoms with Crippen molar-refractivity contribution in [2.75, 3.05) is 0 Å². The van der Waals surface area contributed by atoms with Crippen LogP contribution in [0.5, 0.6) is 0 Å². The van der Waals surface area contributed by atoms with Crippen LogP contribution in [-0.4, -0.2) is 29.8 Å². The van der Waals surface area contributed by atoms with Gasteiger partial charge in [-0.1, -0.05) is 39.5 Å². The number of aromatic nitrogens is 6. The predicted octanol–water partition coefficient (Wildman–Crippen LogP) is 3.93. The zero-order valence-electron chi connectivity index (χ0n) is 17.5. The summed E-state index contributed by atoms with van der Waals surface area (Å²) in [6.45, 7) is 10.1. The number of hydrogen-bond acceptors (Lipinski definition) is 7. The van der Waals surface area contributed by atoms with Gasteiger partial charge in [0.25, 0.3) is 5.56 Å². The Morgan fingerprint density at radius 2 is 2.17 bits per heavy atom. The predicted molar refractivity (Wildman–Crippen MR) is 118 cm³/mol. The molecule has 0 bridgehead atoms. The molecule has 156 valence electrons. The van der Waals surface area contributed by atoms with Gasteiger partial charge < -0.3 is 0 Å². The molecule has 4 rings (SSSR count). The summed E-state index contributed by atoms with van der Waals surface area (Å²) in [5, 5.41) is 13.7. The number of hydrogen-bond donors (Lipinski definition) is 0. The minimum absolute atomic E-state index is 0.117. The molecule has 1 aliphatic carbocycles. The average Bonchev–Trinajstić information content (AvgIpc) is 3.26. The van der Waals surface area contributed by atoms with Crippen LogP contribution in [0.3, 0.4) is 0 Å². The molecule has 1 atom stereocenters. The summed E-state index contributed by atoms with van der Waals surface area (Å²) in [7, 11) is 0. The van der Waals surface area contributed by atoms with Crippen LogP contribution in [-0.2, 0) is 31.7 Å². The van der Waals surface area contributed by atoms with Crippen LogP contribution in [0.4, 0.5) is 0 Å². The van der Waals surface area contributed by atoms with Gasteiger partial charge in [0.15, 0.2) is 11.0 Å². The summed E-state index contributed by atoms with van der Waals surface area (Å²) in [4.78, 5) is 20.7. The molecule has 0 saturated carbocycles. The van der Waals surface area contributed by atoms with E-state index in [1.807, 2.05) is 9.25 Å². The molecule has 0 fully saturated rings. The Morgan fingerprint density at radius 1 is 1.34 bits per heavy atom. The third-order valence-electron chi connectivity index (χ3n) is 5.30. The molecule has 1 aliphatic rings. The number of nitrogens with zero attached hydrogens (tertiary/aromatic N) is 6. The van der Waals surface area contributed by atoms with Crippen molar-refractivity contribution in [3.8, 4) is 0 Å². The van der Waals surface area contributed by atoms with Crippen LogP contribution < -0.4 is 5.56 Å². The second-order valence-corrected chi connectivity index (χ2v) is 10.4. The fourth-order valence-corrected chi connectivity index (χ4v) is 6.25. The minimum atomic E-state index is 0.117. The highest BCUT2D eigenvalue weighted by Gasteiger charge is 2.25. The average molecular weight is 433 g/mol. The first-order chi connectivity index (χ1) is 14.0. The second kappa shape index (κ2) is 8.55. The van der Waals surface area contributed by atoms with Crippen LogP contribution >= 0.6 is 23.1 Å². The Hall–Kier alpha value is -1.74. The monoisotopic (exact) mass is 432 g/mol. The van der Waals surface area contributed by atoms with Gasteiger partial charge in [-0.2, -0.15) is 0 Å². The SMILES string of the molecule is CCCn1nnnc1CSc1nc2sc3c(c2c(=O)n1CC(C)C)CCC(C)C3. The molecule has 0 N–H and O–H groups in total. The Bertz CT molecular complexity index is 1070. The van der Waals surface area contributed by atoms with E-state index in [1.54, 1.807) is 23.1 Å². The van der Waals surface area contributed by atoms with E-state index < -0.39 is 0 Å². The smallest absolute Gasteiger partial charge is 0.263 e. The number of fused-ring (bicyclic) bond motifs is 3. The lowest BCUT2D eigenvalue weighted by Crippen LogP contribution is -2.26. The number of rotatable bonds is 7. The Labute approximate surface area is 178 Å². The first kappa shape index (κ1) is 20.5. The van der Waals surface area contributed by atoms with Crippen LogP contribution in [0.15, 0.2) is 9.95 Å². The summed E-state index contributed by atoms with van der Waals surface area (Å²) < 4.78 is 3.71. The largest absolute Gasteiger partial charge is 0.287 e. The molecule has 1 unspecified atom stereocenters. The highest BCUT2D eigenvalue weighted by atomic mass is 32.2. The summed E-state index contributed by atoms with van der Waals surface area (Å²) >= 11 is 3.27. The van der Waals surface area contributed by atoms with E-state index in [4.69, 9.17) is 4.98 Å². The van der Waals surface area contributed by atoms with Gasteiger partial charge in [0, 0.05) is 18.0 Å². The molecular formula is C20H28N6OS2. The lowest BCUT2D eigenvalue weighted by atomic mass is 9.89. The molecule has 0 spiro atoms. The van der Waals surface area contributed by atoms with E-state index >= 15 is 0 Å². The Kier molecular flexibility index (Phi) is 6.06. The van der Waals surface area contributed by atoms with Crippen molar-refractivity contribution in [3.05, 3.63) is 26.6 Å². The molecular weight excluding hydrogens is 404 g/mol. The second-order valence-electron chi connectivity index (χ2n) is 8.34. The van der Waals surface area contributed by atoms with Crippen LogP contribution in [0.2, 0.25) is 0 Å². The normalized spacial score (nSPS) is 16.7. The lowest BCUT2D eigenvalue weighted by molar-refractivity contribution is 0.474. The number of tetrazole rings is 1. The maximum absolute atomic E-state index is 13.5. The van der Waals surface area contributed by atoms with Crippen LogP contribution in [0.1, 0.15) is 56.8 Å². The molecule has 29 heavy (non-hydrogen) atoms. The number of aryl methyl sites for hydroxylation is 2. The molecule has 0 aromatic carbocycles. The Morgan fingerprint density at radius 3 is 2.93 bits per heavy atom. The third kappa shape index (κ3) is 4.12. The van der Waals surface area contributed by atoms with Crippen molar-refractivity contribution in [1.82, 2.24) is 29.8 Å².